The van der Waals surface area contributed by atoms with Crippen molar-refractivity contribution in [1.82, 2.24) is 0 Å². The van der Waals surface area contributed by atoms with Crippen LogP contribution in [0.5, 0.6) is 0 Å². The van der Waals surface area contributed by atoms with E-state index in [0.29, 0.717) is 5.56 Å². The molecule has 0 saturated carbocycles. The molecule has 0 unspecified atom stereocenters. The summed E-state index contributed by atoms with van der Waals surface area (Å²) in [6.45, 7) is 0. The van der Waals surface area contributed by atoms with Crippen molar-refractivity contribution in [1.29, 1.82) is 0 Å². The molecule has 1 heterocycles. The van der Waals surface area contributed by atoms with Crippen molar-refractivity contribution in [2.45, 2.75) is 0 Å². The Balaban J connectivity index is 2.26. The zero-order valence-electron chi connectivity index (χ0n) is 7.19. The molecule has 1 aliphatic rings. The van der Waals surface area contributed by atoms with Gasteiger partial charge >= 0.3 is 5.97 Å². The first-order chi connectivity index (χ1) is 6.31. The highest BCUT2D eigenvalue weighted by molar-refractivity contribution is 8.07. The molecule has 1 aromatic rings. The zero-order chi connectivity index (χ0) is 9.26. The molecule has 0 N–H and O–H groups in total. The summed E-state index contributed by atoms with van der Waals surface area (Å²) in [5.41, 5.74) is 1.67. The molecule has 0 amide bonds. The fourth-order valence-corrected chi connectivity index (χ4v) is 1.55. The van der Waals surface area contributed by atoms with E-state index in [1.54, 1.807) is 18.0 Å². The Hall–Kier alpha value is -1.16. The molecule has 0 spiro atoms. The van der Waals surface area contributed by atoms with Gasteiger partial charge in [0.1, 0.15) is 0 Å². The van der Waals surface area contributed by atoms with Crippen LogP contribution in [0.1, 0.15) is 10.4 Å². The number of benzene rings is 1. The topological polar surface area (TPSA) is 29.3 Å². The standard InChI is InChI=1S/C9H9NO2S/c1-12-9(11)7-3-2-4-8(5-7)10-6-13-10/h2-5H,6H2,1H3. The normalized spacial score (nSPS) is 14.1. The Morgan fingerprint density at radius 3 is 3.00 bits per heavy atom. The Kier molecular flexibility index (Phi) is 2.14. The molecule has 1 fully saturated rings. The molecule has 0 radical (unpaired) electrons. The fourth-order valence-electron chi connectivity index (χ4n) is 1.08. The predicted octanol–water partition coefficient (Wildman–Crippen LogP) is 1.90. The van der Waals surface area contributed by atoms with E-state index >= 15 is 0 Å². The van der Waals surface area contributed by atoms with Gasteiger partial charge in [0.2, 0.25) is 0 Å². The van der Waals surface area contributed by atoms with Crippen LogP contribution in [-0.2, 0) is 4.74 Å². The average molecular weight is 195 g/mol. The lowest BCUT2D eigenvalue weighted by molar-refractivity contribution is 0.0601. The maximum absolute atomic E-state index is 11.2. The van der Waals surface area contributed by atoms with Gasteiger partial charge in [-0.2, -0.15) is 0 Å². The van der Waals surface area contributed by atoms with Crippen molar-refractivity contribution in [3.8, 4) is 0 Å². The number of rotatable bonds is 2. The van der Waals surface area contributed by atoms with Crippen molar-refractivity contribution in [3.63, 3.8) is 0 Å². The lowest BCUT2D eigenvalue weighted by Crippen LogP contribution is -2.01. The van der Waals surface area contributed by atoms with Crippen molar-refractivity contribution >= 4 is 23.6 Å². The Bertz CT molecular complexity index is 336. The van der Waals surface area contributed by atoms with Gasteiger partial charge in [-0.05, 0) is 30.1 Å². The van der Waals surface area contributed by atoms with Gasteiger partial charge in [-0.3, -0.25) is 0 Å². The summed E-state index contributed by atoms with van der Waals surface area (Å²) in [5, 5.41) is 0. The first-order valence-corrected chi connectivity index (χ1v) is 4.84. The molecule has 0 aromatic heterocycles. The van der Waals surface area contributed by atoms with Crippen molar-refractivity contribution in [3.05, 3.63) is 29.8 Å². The summed E-state index contributed by atoms with van der Waals surface area (Å²) >= 11 is 1.73. The highest BCUT2D eigenvalue weighted by Crippen LogP contribution is 2.35. The maximum atomic E-state index is 11.2. The minimum absolute atomic E-state index is 0.284. The molecule has 2 rings (SSSR count). The van der Waals surface area contributed by atoms with Crippen LogP contribution in [-0.4, -0.2) is 19.0 Å². The van der Waals surface area contributed by atoms with E-state index in [4.69, 9.17) is 0 Å². The van der Waals surface area contributed by atoms with Crippen molar-refractivity contribution in [2.24, 2.45) is 0 Å². The van der Waals surface area contributed by atoms with Crippen LogP contribution in [0, 0.1) is 0 Å². The molecule has 68 valence electrons. The maximum Gasteiger partial charge on any atom is 0.337 e. The first-order valence-electron chi connectivity index (χ1n) is 3.90. The summed E-state index contributed by atoms with van der Waals surface area (Å²) in [4.78, 5) is 11.2. The number of hydrogen-bond donors (Lipinski definition) is 0. The van der Waals surface area contributed by atoms with Gasteiger partial charge in [-0.25, -0.2) is 4.79 Å². The van der Waals surface area contributed by atoms with Gasteiger partial charge in [0, 0.05) is 5.69 Å². The number of esters is 1. The van der Waals surface area contributed by atoms with Crippen LogP contribution >= 0.6 is 11.9 Å². The Morgan fingerprint density at radius 2 is 2.38 bits per heavy atom. The quantitative estimate of drug-likeness (QED) is 0.409. The average Bonchev–Trinajstić information content (AvgIpc) is 3.00. The molecule has 0 bridgehead atoms. The van der Waals surface area contributed by atoms with Gasteiger partial charge in [0.25, 0.3) is 0 Å². The highest BCUT2D eigenvalue weighted by Gasteiger charge is 2.20. The number of methoxy groups -OCH3 is 1. The van der Waals surface area contributed by atoms with E-state index in [1.807, 2.05) is 18.2 Å². The molecular formula is C9H9NO2S. The van der Waals surface area contributed by atoms with Gasteiger partial charge in [0.15, 0.2) is 0 Å². The van der Waals surface area contributed by atoms with Crippen LogP contribution < -0.4 is 4.31 Å². The van der Waals surface area contributed by atoms with E-state index in [1.165, 1.54) is 7.11 Å². The zero-order valence-corrected chi connectivity index (χ0v) is 8.00. The second-order valence-corrected chi connectivity index (χ2v) is 3.64. The van der Waals surface area contributed by atoms with Crippen molar-refractivity contribution < 1.29 is 9.53 Å². The smallest absolute Gasteiger partial charge is 0.337 e. The SMILES string of the molecule is COC(=O)c1cccc(N2CS2)c1. The summed E-state index contributed by atoms with van der Waals surface area (Å²) in [7, 11) is 1.39. The van der Waals surface area contributed by atoms with Crippen LogP contribution in [0.15, 0.2) is 24.3 Å². The number of carbonyl (C=O) groups is 1. The summed E-state index contributed by atoms with van der Waals surface area (Å²) < 4.78 is 6.73. The number of anilines is 1. The molecule has 13 heavy (non-hydrogen) atoms. The second kappa shape index (κ2) is 3.30. The summed E-state index contributed by atoms with van der Waals surface area (Å²) in [6, 6.07) is 7.43. The van der Waals surface area contributed by atoms with E-state index in [0.717, 1.165) is 11.6 Å². The molecule has 0 aliphatic carbocycles. The van der Waals surface area contributed by atoms with Crippen LogP contribution in [0.25, 0.3) is 0 Å². The number of hydrogen-bond acceptors (Lipinski definition) is 4. The number of nitrogens with zero attached hydrogens (tertiary/aromatic N) is 1. The van der Waals surface area contributed by atoms with Gasteiger partial charge in [-0.15, -0.1) is 0 Å². The third-order valence-corrected chi connectivity index (χ3v) is 2.54. The summed E-state index contributed by atoms with van der Waals surface area (Å²) in [5.74, 6) is 0.721. The molecule has 4 heteroatoms. The van der Waals surface area contributed by atoms with Crippen LogP contribution in [0.4, 0.5) is 5.69 Å². The molecular weight excluding hydrogens is 186 g/mol. The van der Waals surface area contributed by atoms with E-state index in [9.17, 15) is 4.79 Å². The highest BCUT2D eigenvalue weighted by atomic mass is 32.2. The predicted molar refractivity (Wildman–Crippen MR) is 52.7 cm³/mol. The largest absolute Gasteiger partial charge is 0.465 e. The minimum Gasteiger partial charge on any atom is -0.465 e. The van der Waals surface area contributed by atoms with E-state index in [2.05, 4.69) is 9.04 Å². The number of ether oxygens (including phenoxy) is 1. The molecule has 1 saturated heterocycles. The minimum atomic E-state index is -0.284. The summed E-state index contributed by atoms with van der Waals surface area (Å²) in [6.07, 6.45) is 0. The van der Waals surface area contributed by atoms with E-state index in [-0.39, 0.29) is 5.97 Å². The van der Waals surface area contributed by atoms with Crippen LogP contribution in [0.2, 0.25) is 0 Å². The second-order valence-electron chi connectivity index (χ2n) is 2.68. The lowest BCUT2D eigenvalue weighted by Gasteiger charge is -2.02. The first kappa shape index (κ1) is 8.44. The van der Waals surface area contributed by atoms with E-state index < -0.39 is 0 Å². The Morgan fingerprint density at radius 1 is 1.62 bits per heavy atom. The Labute approximate surface area is 80.8 Å². The molecule has 1 aromatic carbocycles. The van der Waals surface area contributed by atoms with Gasteiger partial charge in [0.05, 0.1) is 18.6 Å². The monoisotopic (exact) mass is 195 g/mol. The van der Waals surface area contributed by atoms with Gasteiger partial charge < -0.3 is 9.04 Å². The molecule has 1 aliphatic heterocycles. The van der Waals surface area contributed by atoms with Gasteiger partial charge in [-0.1, -0.05) is 6.07 Å². The van der Waals surface area contributed by atoms with Crippen molar-refractivity contribution in [2.75, 3.05) is 17.3 Å². The lowest BCUT2D eigenvalue weighted by atomic mass is 10.2. The third-order valence-electron chi connectivity index (χ3n) is 1.81. The molecule has 0 atom stereocenters. The van der Waals surface area contributed by atoms with Crippen LogP contribution in [0.3, 0.4) is 0 Å². The third kappa shape index (κ3) is 1.78. The number of carbonyl (C=O) groups excluding carboxylic acids is 1. The fraction of sp³-hybridized carbons (Fsp3) is 0.222. The molecule has 3 nitrogen and oxygen atoms in total.